The Morgan fingerprint density at radius 2 is 2.00 bits per heavy atom. The van der Waals surface area contributed by atoms with Crippen molar-refractivity contribution < 1.29 is 4.74 Å². The van der Waals surface area contributed by atoms with Crippen molar-refractivity contribution in [2.45, 2.75) is 20.0 Å². The average Bonchev–Trinajstić information content (AvgIpc) is 2.97. The first-order chi connectivity index (χ1) is 13.0. The van der Waals surface area contributed by atoms with Gasteiger partial charge in [0.05, 0.1) is 24.7 Å². The molecule has 1 heterocycles. The highest BCUT2D eigenvalue weighted by atomic mass is 127. The molecule has 0 spiro atoms. The van der Waals surface area contributed by atoms with Gasteiger partial charge in [0.1, 0.15) is 0 Å². The number of guanidine groups is 1. The second-order valence-electron chi connectivity index (χ2n) is 6.40. The highest BCUT2D eigenvalue weighted by Crippen LogP contribution is 2.14. The Morgan fingerprint density at radius 1 is 1.29 bits per heavy atom. The maximum atomic E-state index is 6.09. The fourth-order valence-electron chi connectivity index (χ4n) is 2.70. The highest BCUT2D eigenvalue weighted by Gasteiger charge is 2.09. The SMILES string of the molecule is CCNC(=NCc1ccc(NCCOC)cc1)N(C)Cc1cc(Cl)cn1C.I. The number of hydrogen-bond donors (Lipinski definition) is 2. The summed E-state index contributed by atoms with van der Waals surface area (Å²) in [5.41, 5.74) is 3.39. The van der Waals surface area contributed by atoms with Crippen molar-refractivity contribution in [1.29, 1.82) is 0 Å². The number of benzene rings is 1. The number of hydrogen-bond acceptors (Lipinski definition) is 3. The van der Waals surface area contributed by atoms with E-state index in [1.165, 1.54) is 0 Å². The number of methoxy groups -OCH3 is 1. The first-order valence-corrected chi connectivity index (χ1v) is 9.53. The van der Waals surface area contributed by atoms with Crippen LogP contribution in [0.15, 0.2) is 41.5 Å². The summed E-state index contributed by atoms with van der Waals surface area (Å²) in [5, 5.41) is 7.42. The van der Waals surface area contributed by atoms with Gasteiger partial charge in [-0.1, -0.05) is 23.7 Å². The summed E-state index contributed by atoms with van der Waals surface area (Å²) < 4.78 is 7.09. The summed E-state index contributed by atoms with van der Waals surface area (Å²) in [6, 6.07) is 10.3. The lowest BCUT2D eigenvalue weighted by molar-refractivity contribution is 0.211. The third-order valence-electron chi connectivity index (χ3n) is 4.17. The van der Waals surface area contributed by atoms with Crippen LogP contribution in [0.3, 0.4) is 0 Å². The van der Waals surface area contributed by atoms with Gasteiger partial charge in [-0.2, -0.15) is 0 Å². The van der Waals surface area contributed by atoms with E-state index in [1.54, 1.807) is 7.11 Å². The summed E-state index contributed by atoms with van der Waals surface area (Å²) in [5.74, 6) is 0.872. The minimum atomic E-state index is 0. The number of nitrogens with one attached hydrogen (secondary N) is 2. The molecular formula is C20H31ClIN5O. The highest BCUT2D eigenvalue weighted by molar-refractivity contribution is 14.0. The number of aryl methyl sites for hydroxylation is 1. The Hall–Kier alpha value is -1.45. The molecular weight excluding hydrogens is 489 g/mol. The molecule has 0 saturated carbocycles. The van der Waals surface area contributed by atoms with E-state index in [2.05, 4.69) is 46.7 Å². The number of ether oxygens (including phenoxy) is 1. The largest absolute Gasteiger partial charge is 0.383 e. The third-order valence-corrected chi connectivity index (χ3v) is 4.38. The quantitative estimate of drug-likeness (QED) is 0.228. The van der Waals surface area contributed by atoms with Gasteiger partial charge in [-0.3, -0.25) is 0 Å². The normalized spacial score (nSPS) is 11.1. The molecule has 0 bridgehead atoms. The van der Waals surface area contributed by atoms with Crippen LogP contribution in [0.25, 0.3) is 0 Å². The molecule has 0 saturated heterocycles. The van der Waals surface area contributed by atoms with Gasteiger partial charge in [0.15, 0.2) is 5.96 Å². The molecule has 2 N–H and O–H groups in total. The van der Waals surface area contributed by atoms with Gasteiger partial charge in [0, 0.05) is 51.9 Å². The van der Waals surface area contributed by atoms with Gasteiger partial charge < -0.3 is 24.8 Å². The summed E-state index contributed by atoms with van der Waals surface area (Å²) in [6.07, 6.45) is 1.91. The summed E-state index contributed by atoms with van der Waals surface area (Å²) in [6.45, 7) is 5.74. The van der Waals surface area contributed by atoms with Gasteiger partial charge >= 0.3 is 0 Å². The van der Waals surface area contributed by atoms with Gasteiger partial charge in [-0.25, -0.2) is 4.99 Å². The van der Waals surface area contributed by atoms with E-state index in [0.717, 1.165) is 47.6 Å². The molecule has 0 amide bonds. The summed E-state index contributed by atoms with van der Waals surface area (Å²) in [7, 11) is 5.74. The van der Waals surface area contributed by atoms with E-state index in [9.17, 15) is 0 Å². The molecule has 156 valence electrons. The Balaban J connectivity index is 0.00000392. The van der Waals surface area contributed by atoms with Crippen LogP contribution in [0, 0.1) is 0 Å². The molecule has 2 aromatic rings. The van der Waals surface area contributed by atoms with Crippen LogP contribution in [0.4, 0.5) is 5.69 Å². The van der Waals surface area contributed by atoms with Crippen molar-refractivity contribution >= 4 is 47.2 Å². The van der Waals surface area contributed by atoms with E-state index in [-0.39, 0.29) is 24.0 Å². The maximum Gasteiger partial charge on any atom is 0.194 e. The minimum absolute atomic E-state index is 0. The van der Waals surface area contributed by atoms with Crippen LogP contribution < -0.4 is 10.6 Å². The number of aliphatic imine (C=N–C) groups is 1. The first-order valence-electron chi connectivity index (χ1n) is 9.15. The lowest BCUT2D eigenvalue weighted by Gasteiger charge is -2.22. The van der Waals surface area contributed by atoms with Crippen LogP contribution in [0.5, 0.6) is 0 Å². The molecule has 28 heavy (non-hydrogen) atoms. The van der Waals surface area contributed by atoms with Crippen LogP contribution in [-0.2, 0) is 24.9 Å². The van der Waals surface area contributed by atoms with E-state index in [1.807, 2.05) is 30.9 Å². The second kappa shape index (κ2) is 12.9. The number of rotatable bonds is 9. The molecule has 0 radical (unpaired) electrons. The molecule has 0 aliphatic rings. The molecule has 0 aliphatic heterocycles. The number of halogens is 2. The number of aromatic nitrogens is 1. The molecule has 0 aliphatic carbocycles. The molecule has 8 heteroatoms. The lowest BCUT2D eigenvalue weighted by atomic mass is 10.2. The fraction of sp³-hybridized carbons (Fsp3) is 0.450. The van der Waals surface area contributed by atoms with Crippen molar-refractivity contribution in [1.82, 2.24) is 14.8 Å². The van der Waals surface area contributed by atoms with Crippen LogP contribution >= 0.6 is 35.6 Å². The molecule has 1 aromatic heterocycles. The summed E-state index contributed by atoms with van der Waals surface area (Å²) in [4.78, 5) is 6.88. The van der Waals surface area contributed by atoms with Gasteiger partial charge in [-0.05, 0) is 30.7 Å². The second-order valence-corrected chi connectivity index (χ2v) is 6.84. The Kier molecular flexibility index (Phi) is 11.3. The van der Waals surface area contributed by atoms with Crippen molar-refractivity contribution in [2.75, 3.05) is 39.2 Å². The van der Waals surface area contributed by atoms with Gasteiger partial charge in [-0.15, -0.1) is 24.0 Å². The van der Waals surface area contributed by atoms with E-state index >= 15 is 0 Å². The zero-order valence-corrected chi connectivity index (χ0v) is 20.1. The smallest absolute Gasteiger partial charge is 0.194 e. The van der Waals surface area contributed by atoms with Crippen molar-refractivity contribution in [3.63, 3.8) is 0 Å². The van der Waals surface area contributed by atoms with Crippen LogP contribution in [-0.4, -0.2) is 49.3 Å². The molecule has 0 fully saturated rings. The fourth-order valence-corrected chi connectivity index (χ4v) is 2.97. The molecule has 0 atom stereocenters. The predicted molar refractivity (Wildman–Crippen MR) is 129 cm³/mol. The third kappa shape index (κ3) is 7.89. The van der Waals surface area contributed by atoms with E-state index in [4.69, 9.17) is 21.3 Å². The zero-order chi connectivity index (χ0) is 19.6. The topological polar surface area (TPSA) is 53.8 Å². The lowest BCUT2D eigenvalue weighted by Crippen LogP contribution is -2.38. The number of anilines is 1. The zero-order valence-electron chi connectivity index (χ0n) is 17.0. The number of nitrogens with zero attached hydrogens (tertiary/aromatic N) is 3. The molecule has 2 rings (SSSR count). The molecule has 0 unspecified atom stereocenters. The summed E-state index contributed by atoms with van der Waals surface area (Å²) >= 11 is 6.09. The molecule has 1 aromatic carbocycles. The first kappa shape index (κ1) is 24.6. The van der Waals surface area contributed by atoms with E-state index < -0.39 is 0 Å². The van der Waals surface area contributed by atoms with Crippen molar-refractivity contribution in [3.8, 4) is 0 Å². The predicted octanol–water partition coefficient (Wildman–Crippen LogP) is 3.95. The van der Waals surface area contributed by atoms with Crippen molar-refractivity contribution in [3.05, 3.63) is 52.8 Å². The minimum Gasteiger partial charge on any atom is -0.383 e. The van der Waals surface area contributed by atoms with Gasteiger partial charge in [0.25, 0.3) is 0 Å². The van der Waals surface area contributed by atoms with Crippen LogP contribution in [0.1, 0.15) is 18.2 Å². The van der Waals surface area contributed by atoms with E-state index in [0.29, 0.717) is 13.2 Å². The Labute approximate surface area is 190 Å². The standard InChI is InChI=1S/C20H30ClN5O.HI/c1-5-22-20(26(3)15-19-12-17(21)14-25(19)2)24-13-16-6-8-18(9-7-16)23-10-11-27-4;/h6-9,12,14,23H,5,10-11,13,15H2,1-4H3,(H,22,24);1H. The van der Waals surface area contributed by atoms with Gasteiger partial charge in [0.2, 0.25) is 0 Å². The monoisotopic (exact) mass is 519 g/mol. The van der Waals surface area contributed by atoms with Crippen LogP contribution in [0.2, 0.25) is 5.02 Å². The average molecular weight is 520 g/mol. The maximum absolute atomic E-state index is 6.09. The van der Waals surface area contributed by atoms with Crippen molar-refractivity contribution in [2.24, 2.45) is 12.0 Å². The Bertz CT molecular complexity index is 733. The molecule has 6 nitrogen and oxygen atoms in total. The Morgan fingerprint density at radius 3 is 2.57 bits per heavy atom.